The third-order valence-corrected chi connectivity index (χ3v) is 7.09. The molecule has 4 heteroatoms. The summed E-state index contributed by atoms with van der Waals surface area (Å²) in [6, 6.07) is 35.0. The van der Waals surface area contributed by atoms with E-state index in [2.05, 4.69) is 12.1 Å². The van der Waals surface area contributed by atoms with Crippen LogP contribution >= 0.6 is 0 Å². The summed E-state index contributed by atoms with van der Waals surface area (Å²) in [6.45, 7) is 2.57. The number of benzene rings is 4. The normalized spacial score (nSPS) is 11.5. The lowest BCUT2D eigenvalue weighted by atomic mass is 10.0. The van der Waals surface area contributed by atoms with Crippen LogP contribution in [-0.4, -0.2) is 12.7 Å². The molecule has 0 radical (unpaired) electrons. The van der Waals surface area contributed by atoms with E-state index in [0.29, 0.717) is 18.0 Å². The van der Waals surface area contributed by atoms with Crippen molar-refractivity contribution in [2.45, 2.75) is 24.9 Å². The number of aryl methyl sites for hydroxylation is 1. The quantitative estimate of drug-likeness (QED) is 0.360. The van der Waals surface area contributed by atoms with E-state index in [0.717, 1.165) is 27.8 Å². The molecule has 0 heterocycles. The molecule has 0 bridgehead atoms. The molecule has 4 rings (SSSR count). The van der Waals surface area contributed by atoms with Gasteiger partial charge < -0.3 is 0 Å². The first-order valence-corrected chi connectivity index (χ1v) is 11.7. The predicted molar refractivity (Wildman–Crippen MR) is 126 cm³/mol. The number of sulfonamides is 1. The Kier molecular flexibility index (Phi) is 6.31. The Hall–Kier alpha value is -3.21. The molecule has 31 heavy (non-hydrogen) atoms. The van der Waals surface area contributed by atoms with Crippen LogP contribution < -0.4 is 0 Å². The van der Waals surface area contributed by atoms with Crippen LogP contribution in [0.15, 0.2) is 114 Å². The molecule has 0 amide bonds. The smallest absolute Gasteiger partial charge is 0.207 e. The summed E-state index contributed by atoms with van der Waals surface area (Å²) in [5, 5.41) is 0. The summed E-state index contributed by atoms with van der Waals surface area (Å²) in [6.07, 6.45) is 0. The zero-order valence-corrected chi connectivity index (χ0v) is 18.3. The van der Waals surface area contributed by atoms with Gasteiger partial charge in [0.05, 0.1) is 4.90 Å². The fraction of sp³-hybridized carbons (Fsp3) is 0.111. The first kappa shape index (κ1) is 21.0. The van der Waals surface area contributed by atoms with Crippen molar-refractivity contribution < 1.29 is 8.42 Å². The molecular formula is C27H25NO2S. The Bertz CT molecular complexity index is 1220. The summed E-state index contributed by atoms with van der Waals surface area (Å²) >= 11 is 0. The second-order valence-corrected chi connectivity index (χ2v) is 9.57. The monoisotopic (exact) mass is 427 g/mol. The fourth-order valence-electron chi connectivity index (χ4n) is 3.51. The topological polar surface area (TPSA) is 37.4 Å². The molecule has 0 fully saturated rings. The third-order valence-electron chi connectivity index (χ3n) is 5.28. The van der Waals surface area contributed by atoms with Gasteiger partial charge in [-0.15, -0.1) is 0 Å². The fourth-order valence-corrected chi connectivity index (χ4v) is 4.93. The van der Waals surface area contributed by atoms with Gasteiger partial charge in [-0.25, -0.2) is 8.42 Å². The molecule has 0 atom stereocenters. The van der Waals surface area contributed by atoms with E-state index >= 15 is 0 Å². The van der Waals surface area contributed by atoms with Crippen molar-refractivity contribution in [2.24, 2.45) is 0 Å². The molecule has 0 N–H and O–H groups in total. The molecule has 0 unspecified atom stereocenters. The summed E-state index contributed by atoms with van der Waals surface area (Å²) in [5.41, 5.74) is 5.19. The van der Waals surface area contributed by atoms with Crippen molar-refractivity contribution in [3.05, 3.63) is 126 Å². The zero-order chi connectivity index (χ0) is 21.7. The molecule has 0 aliphatic rings. The van der Waals surface area contributed by atoms with Gasteiger partial charge in [-0.1, -0.05) is 103 Å². The second-order valence-electron chi connectivity index (χ2n) is 7.63. The number of hydrogen-bond acceptors (Lipinski definition) is 2. The minimum Gasteiger partial charge on any atom is -0.207 e. The van der Waals surface area contributed by atoms with E-state index in [4.69, 9.17) is 0 Å². The molecule has 3 nitrogen and oxygen atoms in total. The molecule has 0 spiro atoms. The Morgan fingerprint density at radius 2 is 1.06 bits per heavy atom. The van der Waals surface area contributed by atoms with Gasteiger partial charge in [-0.05, 0) is 41.3 Å². The maximum Gasteiger partial charge on any atom is 0.243 e. The maximum atomic E-state index is 13.5. The maximum absolute atomic E-state index is 13.5. The van der Waals surface area contributed by atoms with Crippen LogP contribution in [0.25, 0.3) is 11.1 Å². The minimum atomic E-state index is -3.64. The Morgan fingerprint density at radius 1 is 0.581 bits per heavy atom. The zero-order valence-electron chi connectivity index (χ0n) is 17.5. The highest BCUT2D eigenvalue weighted by atomic mass is 32.2. The van der Waals surface area contributed by atoms with E-state index in [1.54, 1.807) is 16.4 Å². The Morgan fingerprint density at radius 3 is 1.65 bits per heavy atom. The van der Waals surface area contributed by atoms with Crippen molar-refractivity contribution in [2.75, 3.05) is 0 Å². The summed E-state index contributed by atoms with van der Waals surface area (Å²) < 4.78 is 28.5. The highest BCUT2D eigenvalue weighted by molar-refractivity contribution is 7.89. The number of hydrogen-bond donors (Lipinski definition) is 0. The van der Waals surface area contributed by atoms with Crippen molar-refractivity contribution in [3.8, 4) is 11.1 Å². The highest BCUT2D eigenvalue weighted by Crippen LogP contribution is 2.24. The molecule has 0 saturated carbocycles. The molecule has 4 aromatic rings. The standard InChI is InChI=1S/C27H25NO2S/c1-22-12-18-27(19-13-22)31(29,30)28(20-23-8-4-2-5-9-23)21-24-14-16-26(17-15-24)25-10-6-3-7-11-25/h2-19H,20-21H2,1H3. The molecule has 156 valence electrons. The SMILES string of the molecule is Cc1ccc(S(=O)(=O)N(Cc2ccccc2)Cc2ccc(-c3ccccc3)cc2)cc1. The van der Waals surface area contributed by atoms with Crippen LogP contribution in [0.3, 0.4) is 0 Å². The molecular weight excluding hydrogens is 402 g/mol. The van der Waals surface area contributed by atoms with Gasteiger partial charge in [0.25, 0.3) is 0 Å². The van der Waals surface area contributed by atoms with Gasteiger partial charge in [-0.3, -0.25) is 0 Å². The lowest BCUT2D eigenvalue weighted by molar-refractivity contribution is 0.401. The van der Waals surface area contributed by atoms with E-state index in [1.807, 2.05) is 91.9 Å². The molecule has 0 saturated heterocycles. The van der Waals surface area contributed by atoms with E-state index < -0.39 is 10.0 Å². The van der Waals surface area contributed by atoms with Crippen LogP contribution in [0.1, 0.15) is 16.7 Å². The van der Waals surface area contributed by atoms with Crippen LogP contribution in [0, 0.1) is 6.92 Å². The van der Waals surface area contributed by atoms with Gasteiger partial charge in [0.15, 0.2) is 0 Å². The summed E-state index contributed by atoms with van der Waals surface area (Å²) in [5.74, 6) is 0. The van der Waals surface area contributed by atoms with Gasteiger partial charge >= 0.3 is 0 Å². The first-order chi connectivity index (χ1) is 15.0. The van der Waals surface area contributed by atoms with Crippen LogP contribution in [0.2, 0.25) is 0 Å². The van der Waals surface area contributed by atoms with Crippen LogP contribution in [-0.2, 0) is 23.1 Å². The van der Waals surface area contributed by atoms with Gasteiger partial charge in [0, 0.05) is 13.1 Å². The van der Waals surface area contributed by atoms with E-state index in [1.165, 1.54) is 0 Å². The van der Waals surface area contributed by atoms with Crippen molar-refractivity contribution in [1.82, 2.24) is 4.31 Å². The lowest BCUT2D eigenvalue weighted by Gasteiger charge is -2.23. The van der Waals surface area contributed by atoms with Gasteiger partial charge in [0.1, 0.15) is 0 Å². The summed E-state index contributed by atoms with van der Waals surface area (Å²) in [7, 11) is -3.64. The van der Waals surface area contributed by atoms with E-state index in [-0.39, 0.29) is 0 Å². The number of rotatable bonds is 7. The van der Waals surface area contributed by atoms with Crippen molar-refractivity contribution >= 4 is 10.0 Å². The second kappa shape index (κ2) is 9.29. The van der Waals surface area contributed by atoms with Gasteiger partial charge in [0.2, 0.25) is 10.0 Å². The average Bonchev–Trinajstić information content (AvgIpc) is 2.81. The van der Waals surface area contributed by atoms with E-state index in [9.17, 15) is 8.42 Å². The van der Waals surface area contributed by atoms with Crippen molar-refractivity contribution in [1.29, 1.82) is 0 Å². The number of nitrogens with zero attached hydrogens (tertiary/aromatic N) is 1. The first-order valence-electron chi connectivity index (χ1n) is 10.3. The average molecular weight is 428 g/mol. The Labute approximate surface area is 184 Å². The van der Waals surface area contributed by atoms with Crippen molar-refractivity contribution in [3.63, 3.8) is 0 Å². The predicted octanol–water partition coefficient (Wildman–Crippen LogP) is 6.05. The minimum absolute atomic E-state index is 0.306. The van der Waals surface area contributed by atoms with Crippen LogP contribution in [0.4, 0.5) is 0 Å². The van der Waals surface area contributed by atoms with Gasteiger partial charge in [-0.2, -0.15) is 4.31 Å². The largest absolute Gasteiger partial charge is 0.243 e. The molecule has 0 aliphatic carbocycles. The molecule has 0 aromatic heterocycles. The Balaban J connectivity index is 1.63. The third kappa shape index (κ3) is 5.10. The molecule has 0 aliphatic heterocycles. The lowest BCUT2D eigenvalue weighted by Crippen LogP contribution is -2.30. The summed E-state index contributed by atoms with van der Waals surface area (Å²) in [4.78, 5) is 0.315. The van der Waals surface area contributed by atoms with Crippen LogP contribution in [0.5, 0.6) is 0 Å². The highest BCUT2D eigenvalue weighted by Gasteiger charge is 2.25. The molecule has 4 aromatic carbocycles.